The van der Waals surface area contributed by atoms with E-state index in [4.69, 9.17) is 29.0 Å². The van der Waals surface area contributed by atoms with Crippen LogP contribution in [0.15, 0.2) is 0 Å². The quantitative estimate of drug-likeness (QED) is 0.187. The summed E-state index contributed by atoms with van der Waals surface area (Å²) >= 11 is 0. The lowest BCUT2D eigenvalue weighted by atomic mass is 10.0. The highest BCUT2D eigenvalue weighted by molar-refractivity contribution is 5.89. The average molecular weight is 923 g/mol. The van der Waals surface area contributed by atoms with Gasteiger partial charge in [-0.1, -0.05) is 6.42 Å². The third-order valence-electron chi connectivity index (χ3n) is 14.3. The van der Waals surface area contributed by atoms with Crippen molar-refractivity contribution >= 4 is 35.8 Å². The van der Waals surface area contributed by atoms with Gasteiger partial charge in [0.05, 0.1) is 52.7 Å². The fourth-order valence-corrected chi connectivity index (χ4v) is 10.4. The van der Waals surface area contributed by atoms with Crippen LogP contribution in [-0.2, 0) is 43.4 Å². The molecule has 9 saturated heterocycles. The maximum atomic E-state index is 12.3. The minimum atomic E-state index is -0.469. The van der Waals surface area contributed by atoms with Gasteiger partial charge in [0, 0.05) is 44.8 Å². The molecule has 0 aromatic heterocycles. The molecule has 9 aliphatic heterocycles. The number of carbonyl (C=O) groups is 6. The first-order valence-corrected chi connectivity index (χ1v) is 23.1. The molecule has 9 aliphatic rings. The number of urea groups is 3. The number of likely N-dealkylation sites (N-methyl/N-ethyl adjacent to an activating group) is 3. The fraction of sp³-hybridized carbons (Fsp3) is 0.854. The summed E-state index contributed by atoms with van der Waals surface area (Å²) in [5.74, 6) is -0.733. The molecule has 6 bridgehead atoms. The molecule has 0 aromatic rings. The lowest BCUT2D eigenvalue weighted by molar-refractivity contribution is -0.152. The number of hydrogen-bond donors (Lipinski definition) is 3. The van der Waals surface area contributed by atoms with Gasteiger partial charge >= 0.3 is 18.1 Å². The number of piperidine rings is 4. The van der Waals surface area contributed by atoms with Crippen LogP contribution in [0.5, 0.6) is 0 Å². The summed E-state index contributed by atoms with van der Waals surface area (Å²) in [5, 5.41) is 4.09. The molecule has 9 fully saturated rings. The van der Waals surface area contributed by atoms with Crippen LogP contribution < -0.4 is 16.4 Å². The molecular formula is C41H70N12O12. The molecule has 8 atom stereocenters. The number of nitrogens with one attached hydrogen (secondary N) is 3. The van der Waals surface area contributed by atoms with E-state index >= 15 is 0 Å². The van der Waals surface area contributed by atoms with E-state index in [1.165, 1.54) is 49.4 Å². The van der Waals surface area contributed by atoms with E-state index in [0.717, 1.165) is 64.7 Å². The zero-order valence-corrected chi connectivity index (χ0v) is 38.8. The van der Waals surface area contributed by atoms with Crippen LogP contribution >= 0.6 is 0 Å². The molecule has 0 unspecified atom stereocenters. The molecule has 9 amide bonds. The van der Waals surface area contributed by atoms with Gasteiger partial charge in [0.15, 0.2) is 0 Å². The van der Waals surface area contributed by atoms with E-state index in [9.17, 15) is 28.8 Å². The van der Waals surface area contributed by atoms with Crippen molar-refractivity contribution in [3.8, 4) is 0 Å². The summed E-state index contributed by atoms with van der Waals surface area (Å²) in [6.45, 7) is 6.34. The Morgan fingerprint density at radius 1 is 0.508 bits per heavy atom. The van der Waals surface area contributed by atoms with Gasteiger partial charge in [-0.25, -0.2) is 30.8 Å². The number of rotatable bonds is 14. The molecule has 24 heteroatoms. The van der Waals surface area contributed by atoms with Crippen LogP contribution in [0.3, 0.4) is 0 Å². The summed E-state index contributed by atoms with van der Waals surface area (Å²) in [4.78, 5) is 116. The predicted octanol–water partition coefficient (Wildman–Crippen LogP) is -0.515. The van der Waals surface area contributed by atoms with Crippen molar-refractivity contribution in [3.63, 3.8) is 0 Å². The molecule has 24 nitrogen and oxygen atoms in total. The van der Waals surface area contributed by atoms with Crippen molar-refractivity contribution in [2.75, 3.05) is 101 Å². The third kappa shape index (κ3) is 11.0. The second kappa shape index (κ2) is 22.1. The Labute approximate surface area is 380 Å². The molecule has 0 aliphatic carbocycles. The Hall–Kier alpha value is -4.14. The van der Waals surface area contributed by atoms with Gasteiger partial charge in [-0.3, -0.25) is 43.4 Å². The SMILES string of the molecule is CON1C(=O)N2C[C@H]1CC[C@H]2C(=O)NOC1CN(C)C1.CON1C(=O)N2C[C@H]1CC[C@H]2C(=O)NOC[C@@H]1CCCCN1C.CON1C(=O)N2C[C@H]1CC[C@H]2C(=O)NOC[C@H]1CCCN1C. The van der Waals surface area contributed by atoms with Crippen molar-refractivity contribution in [2.45, 2.75) is 125 Å². The molecule has 0 aromatic carbocycles. The first-order valence-electron chi connectivity index (χ1n) is 23.1. The second-order valence-corrected chi connectivity index (χ2v) is 18.5. The molecular weight excluding hydrogens is 853 g/mol. The Morgan fingerprint density at radius 3 is 1.26 bits per heavy atom. The number of amides is 9. The van der Waals surface area contributed by atoms with Gasteiger partial charge in [-0.15, -0.1) is 0 Å². The average Bonchev–Trinajstić information content (AvgIpc) is 3.97. The maximum Gasteiger partial charge on any atom is 0.345 e. The number of fused-ring (bicyclic) bond motifs is 6. The van der Waals surface area contributed by atoms with Crippen molar-refractivity contribution in [1.82, 2.24) is 61.0 Å². The minimum Gasteiger partial charge on any atom is -0.309 e. The van der Waals surface area contributed by atoms with Crippen LogP contribution in [0.25, 0.3) is 0 Å². The monoisotopic (exact) mass is 923 g/mol. The molecule has 0 saturated carbocycles. The van der Waals surface area contributed by atoms with Crippen molar-refractivity contribution in [3.05, 3.63) is 0 Å². The maximum absolute atomic E-state index is 12.3. The Kier molecular flexibility index (Phi) is 16.6. The normalized spacial score (nSPS) is 31.4. The van der Waals surface area contributed by atoms with Gasteiger partial charge in [-0.2, -0.15) is 15.2 Å². The first-order chi connectivity index (χ1) is 31.3. The lowest BCUT2D eigenvalue weighted by Crippen LogP contribution is -2.55. The third-order valence-corrected chi connectivity index (χ3v) is 14.3. The lowest BCUT2D eigenvalue weighted by Gasteiger charge is -2.36. The van der Waals surface area contributed by atoms with Crippen LogP contribution in [0.2, 0.25) is 0 Å². The zero-order valence-electron chi connectivity index (χ0n) is 38.8. The standard InChI is InChI=1S/C15H26N4O4.C14H24N4O4.C12H20N4O4/c1-17-8-4-3-5-12(17)10-23-16-14(20)13-7-6-11-9-18(13)15(21)19(11)22-2;1-16-7-3-4-11(16)9-22-15-13(19)12-6-5-10-8-17(12)14(20)18(10)21-2;1-14-6-9(7-14)20-13-11(17)10-4-3-8-5-15(10)12(18)16(8)19-2/h11-13H,3-10H2,1-2H3,(H,16,20);10-12H,3-9H2,1-2H3,(H,15,19);8-10H,3-7H2,1-2H3,(H,13,17)/t11-,12+,13+;10-,11-,12+;8-,10+/m111/s1. The van der Waals surface area contributed by atoms with Crippen LogP contribution in [0.1, 0.15) is 70.6 Å². The molecule has 9 rings (SSSR count). The molecule has 0 spiro atoms. The number of hydrogen-bond acceptors (Lipinski definition) is 15. The number of nitrogens with zero attached hydrogens (tertiary/aromatic N) is 9. The van der Waals surface area contributed by atoms with Crippen molar-refractivity contribution < 1.29 is 57.8 Å². The Morgan fingerprint density at radius 2 is 0.892 bits per heavy atom. The Balaban J connectivity index is 0.000000146. The van der Waals surface area contributed by atoms with E-state index < -0.39 is 18.1 Å². The second-order valence-electron chi connectivity index (χ2n) is 18.5. The first kappa shape index (κ1) is 48.8. The highest BCUT2D eigenvalue weighted by Crippen LogP contribution is 2.32. The highest BCUT2D eigenvalue weighted by atomic mass is 16.7. The zero-order chi connectivity index (χ0) is 46.4. The van der Waals surface area contributed by atoms with E-state index in [-0.39, 0.29) is 60.0 Å². The largest absolute Gasteiger partial charge is 0.345 e. The van der Waals surface area contributed by atoms with Crippen LogP contribution in [0.4, 0.5) is 14.4 Å². The van der Waals surface area contributed by atoms with E-state index in [2.05, 4.69) is 45.2 Å². The number of hydroxylamine groups is 9. The molecule has 9 heterocycles. The topological polar surface area (TPSA) is 223 Å². The van der Waals surface area contributed by atoms with E-state index in [0.29, 0.717) is 64.2 Å². The summed E-state index contributed by atoms with van der Waals surface area (Å²) < 4.78 is 0. The van der Waals surface area contributed by atoms with Crippen molar-refractivity contribution in [2.24, 2.45) is 0 Å². The van der Waals surface area contributed by atoms with Gasteiger partial charge in [0.1, 0.15) is 24.2 Å². The van der Waals surface area contributed by atoms with Gasteiger partial charge in [-0.05, 0) is 98.4 Å². The summed E-state index contributed by atoms with van der Waals surface area (Å²) in [6, 6.07) is -1.25. The molecule has 3 N–H and O–H groups in total. The summed E-state index contributed by atoms with van der Waals surface area (Å²) in [5.41, 5.74) is 7.55. The fourth-order valence-electron chi connectivity index (χ4n) is 10.4. The number of carbonyl (C=O) groups excluding carboxylic acids is 6. The van der Waals surface area contributed by atoms with Crippen LogP contribution in [-0.4, -0.2) is 236 Å². The highest BCUT2D eigenvalue weighted by Gasteiger charge is 2.50. The minimum absolute atomic E-state index is 0.0463. The molecule has 65 heavy (non-hydrogen) atoms. The van der Waals surface area contributed by atoms with Crippen LogP contribution in [0, 0.1) is 0 Å². The van der Waals surface area contributed by atoms with Gasteiger partial charge in [0.2, 0.25) is 0 Å². The summed E-state index contributed by atoms with van der Waals surface area (Å²) in [6.07, 6.45) is 10.00. The van der Waals surface area contributed by atoms with E-state index in [1.807, 2.05) is 7.05 Å². The summed E-state index contributed by atoms with van der Waals surface area (Å²) in [7, 11) is 10.6. The smallest absolute Gasteiger partial charge is 0.309 e. The molecule has 366 valence electrons. The predicted molar refractivity (Wildman–Crippen MR) is 228 cm³/mol. The van der Waals surface area contributed by atoms with Gasteiger partial charge < -0.3 is 29.4 Å². The molecule has 0 radical (unpaired) electrons. The van der Waals surface area contributed by atoms with Crippen molar-refractivity contribution in [1.29, 1.82) is 0 Å². The number of likely N-dealkylation sites (tertiary alicyclic amines) is 3. The van der Waals surface area contributed by atoms with E-state index in [1.54, 1.807) is 14.7 Å². The Bertz CT molecular complexity index is 1700. The van der Waals surface area contributed by atoms with Gasteiger partial charge in [0.25, 0.3) is 17.7 Å².